The van der Waals surface area contributed by atoms with E-state index in [1.807, 2.05) is 11.8 Å². The third-order valence-electron chi connectivity index (χ3n) is 5.45. The summed E-state index contributed by atoms with van der Waals surface area (Å²) in [5.41, 5.74) is 4.54. The van der Waals surface area contributed by atoms with E-state index in [0.29, 0.717) is 38.7 Å². The largest absolute Gasteiger partial charge is 0.417 e. The number of ether oxygens (including phenoxy) is 2. The number of terminal acetylenes is 1. The molecule has 0 aliphatic carbocycles. The first-order chi connectivity index (χ1) is 15.3. The summed E-state index contributed by atoms with van der Waals surface area (Å²) in [6.07, 6.45) is 2.11. The zero-order valence-corrected chi connectivity index (χ0v) is 17.5. The molecule has 2 aromatic rings. The molecule has 0 amide bonds. The molecule has 2 aliphatic heterocycles. The Morgan fingerprint density at radius 1 is 1.12 bits per heavy atom. The molecule has 2 N–H and O–H groups in total. The summed E-state index contributed by atoms with van der Waals surface area (Å²) in [6.45, 7) is 4.59. The monoisotopic (exact) mass is 448 g/mol. The zero-order valence-electron chi connectivity index (χ0n) is 17.5. The van der Waals surface area contributed by atoms with Gasteiger partial charge in [0.05, 0.1) is 43.7 Å². The lowest BCUT2D eigenvalue weighted by molar-refractivity contribution is -0.137. The number of hydrogen-bond donors (Lipinski definition) is 1. The van der Waals surface area contributed by atoms with Gasteiger partial charge in [0, 0.05) is 30.9 Å². The molecule has 2 aromatic heterocycles. The third-order valence-corrected chi connectivity index (χ3v) is 5.45. The number of alkyl halides is 3. The van der Waals surface area contributed by atoms with Gasteiger partial charge in [0.2, 0.25) is 5.95 Å². The number of anilines is 3. The lowest BCUT2D eigenvalue weighted by Gasteiger charge is -2.36. The van der Waals surface area contributed by atoms with Crippen LogP contribution in [0.15, 0.2) is 18.3 Å². The molecule has 0 unspecified atom stereocenters. The standard InChI is InChI=1S/C21H23F3N6O2/c1-3-14-12-32-7-5-30(14)20-27-17(9-19(28-20)29-4-6-31-11-13(29)2)15-10-26-18(25)8-16(15)21(22,23)24/h1,8-10,13-14H,4-7,11-12H2,2H3,(H2,25,26)/t13-,14-/m0/s1. The maximum atomic E-state index is 13.8. The first-order valence-corrected chi connectivity index (χ1v) is 10.1. The van der Waals surface area contributed by atoms with Crippen LogP contribution in [0, 0.1) is 12.3 Å². The number of nitrogen functional groups attached to an aromatic ring is 1. The fourth-order valence-corrected chi connectivity index (χ4v) is 3.79. The van der Waals surface area contributed by atoms with Crippen molar-refractivity contribution in [1.82, 2.24) is 15.0 Å². The van der Waals surface area contributed by atoms with Crippen LogP contribution in [0.3, 0.4) is 0 Å². The lowest BCUT2D eigenvalue weighted by atomic mass is 10.1. The molecule has 0 aromatic carbocycles. The fraction of sp³-hybridized carbons (Fsp3) is 0.476. The SMILES string of the molecule is C#C[C@H]1COCCN1c1nc(-c2cnc(N)cc2C(F)(F)F)cc(N2CCOC[C@@H]2C)n1. The van der Waals surface area contributed by atoms with Gasteiger partial charge in [-0.3, -0.25) is 0 Å². The van der Waals surface area contributed by atoms with Crippen LogP contribution in [0.1, 0.15) is 12.5 Å². The number of pyridine rings is 1. The third kappa shape index (κ3) is 4.42. The first-order valence-electron chi connectivity index (χ1n) is 10.1. The Morgan fingerprint density at radius 3 is 2.53 bits per heavy atom. The van der Waals surface area contributed by atoms with E-state index >= 15 is 0 Å². The Kier molecular flexibility index (Phi) is 6.08. The minimum atomic E-state index is -4.63. The summed E-state index contributed by atoms with van der Waals surface area (Å²) in [4.78, 5) is 16.8. The van der Waals surface area contributed by atoms with Crippen LogP contribution in [-0.4, -0.2) is 66.6 Å². The second kappa shape index (κ2) is 8.80. The predicted molar refractivity (Wildman–Crippen MR) is 113 cm³/mol. The molecule has 0 radical (unpaired) electrons. The predicted octanol–water partition coefficient (Wildman–Crippen LogP) is 2.20. The minimum absolute atomic E-state index is 0.0147. The summed E-state index contributed by atoms with van der Waals surface area (Å²) < 4.78 is 52.3. The van der Waals surface area contributed by atoms with Crippen LogP contribution in [0.25, 0.3) is 11.3 Å². The molecule has 4 heterocycles. The summed E-state index contributed by atoms with van der Waals surface area (Å²) in [5, 5.41) is 0. The van der Waals surface area contributed by atoms with Gasteiger partial charge in [-0.2, -0.15) is 18.2 Å². The molecule has 11 heteroatoms. The molecule has 0 bridgehead atoms. The lowest BCUT2D eigenvalue weighted by Crippen LogP contribution is -2.47. The number of hydrogen-bond acceptors (Lipinski definition) is 8. The van der Waals surface area contributed by atoms with E-state index in [9.17, 15) is 13.2 Å². The van der Waals surface area contributed by atoms with Crippen molar-refractivity contribution < 1.29 is 22.6 Å². The van der Waals surface area contributed by atoms with Gasteiger partial charge in [0.1, 0.15) is 17.7 Å². The van der Waals surface area contributed by atoms with Crippen LogP contribution in [0.2, 0.25) is 0 Å². The molecule has 32 heavy (non-hydrogen) atoms. The second-order valence-corrected chi connectivity index (χ2v) is 7.63. The van der Waals surface area contributed by atoms with Crippen molar-refractivity contribution in [1.29, 1.82) is 0 Å². The fourth-order valence-electron chi connectivity index (χ4n) is 3.79. The van der Waals surface area contributed by atoms with E-state index in [-0.39, 0.29) is 35.7 Å². The molecule has 2 saturated heterocycles. The van der Waals surface area contributed by atoms with Gasteiger partial charge in [-0.1, -0.05) is 5.92 Å². The summed E-state index contributed by atoms with van der Waals surface area (Å²) >= 11 is 0. The molecule has 2 fully saturated rings. The molecule has 0 spiro atoms. The van der Waals surface area contributed by atoms with Crippen LogP contribution in [0.5, 0.6) is 0 Å². The van der Waals surface area contributed by atoms with Crippen LogP contribution >= 0.6 is 0 Å². The molecule has 0 saturated carbocycles. The number of aromatic nitrogens is 3. The number of nitrogens with two attached hydrogens (primary N) is 1. The molecular weight excluding hydrogens is 425 g/mol. The Morgan fingerprint density at radius 2 is 1.84 bits per heavy atom. The Labute approximate surface area is 183 Å². The van der Waals surface area contributed by atoms with E-state index in [2.05, 4.69) is 20.9 Å². The highest BCUT2D eigenvalue weighted by Crippen LogP contribution is 2.38. The second-order valence-electron chi connectivity index (χ2n) is 7.63. The minimum Gasteiger partial charge on any atom is -0.384 e. The van der Waals surface area contributed by atoms with Crippen molar-refractivity contribution in [2.75, 3.05) is 55.1 Å². The highest BCUT2D eigenvalue weighted by atomic mass is 19.4. The van der Waals surface area contributed by atoms with Gasteiger partial charge in [-0.15, -0.1) is 6.42 Å². The summed E-state index contributed by atoms with van der Waals surface area (Å²) in [5.74, 6) is 3.15. The van der Waals surface area contributed by atoms with Gasteiger partial charge in [0.15, 0.2) is 0 Å². The zero-order chi connectivity index (χ0) is 22.9. The first kappa shape index (κ1) is 22.1. The average molecular weight is 448 g/mol. The number of nitrogens with zero attached hydrogens (tertiary/aromatic N) is 5. The maximum absolute atomic E-state index is 13.8. The Bertz CT molecular complexity index is 1030. The van der Waals surface area contributed by atoms with Gasteiger partial charge in [-0.05, 0) is 13.0 Å². The Balaban J connectivity index is 1.88. The van der Waals surface area contributed by atoms with E-state index < -0.39 is 17.8 Å². The van der Waals surface area contributed by atoms with E-state index in [0.717, 1.165) is 12.3 Å². The normalized spacial score (nSPS) is 22.0. The topological polar surface area (TPSA) is 89.6 Å². The van der Waals surface area contributed by atoms with Crippen molar-refractivity contribution in [2.45, 2.75) is 25.2 Å². The molecule has 2 atom stereocenters. The average Bonchev–Trinajstić information content (AvgIpc) is 2.78. The molecular formula is C21H23F3N6O2. The Hall–Kier alpha value is -3.10. The number of halogens is 3. The summed E-state index contributed by atoms with van der Waals surface area (Å²) in [7, 11) is 0. The maximum Gasteiger partial charge on any atom is 0.417 e. The summed E-state index contributed by atoms with van der Waals surface area (Å²) in [6, 6.07) is 1.91. The van der Waals surface area contributed by atoms with Crippen LogP contribution < -0.4 is 15.5 Å². The van der Waals surface area contributed by atoms with Crippen molar-refractivity contribution >= 4 is 17.6 Å². The number of rotatable bonds is 3. The smallest absolute Gasteiger partial charge is 0.384 e. The highest BCUT2D eigenvalue weighted by molar-refractivity contribution is 5.69. The molecule has 2 aliphatic rings. The van der Waals surface area contributed by atoms with Crippen LogP contribution in [0.4, 0.5) is 30.8 Å². The molecule has 8 nitrogen and oxygen atoms in total. The van der Waals surface area contributed by atoms with Gasteiger partial charge in [0.25, 0.3) is 0 Å². The van der Waals surface area contributed by atoms with Gasteiger partial charge >= 0.3 is 6.18 Å². The van der Waals surface area contributed by atoms with E-state index in [1.54, 1.807) is 11.0 Å². The van der Waals surface area contributed by atoms with Crippen LogP contribution in [-0.2, 0) is 15.7 Å². The highest BCUT2D eigenvalue weighted by Gasteiger charge is 2.36. The van der Waals surface area contributed by atoms with Crippen molar-refractivity contribution in [3.63, 3.8) is 0 Å². The van der Waals surface area contributed by atoms with E-state index in [4.69, 9.17) is 21.6 Å². The van der Waals surface area contributed by atoms with Crippen molar-refractivity contribution in [3.8, 4) is 23.6 Å². The van der Waals surface area contributed by atoms with E-state index in [1.165, 1.54) is 0 Å². The quantitative estimate of drug-likeness (QED) is 0.715. The molecule has 170 valence electrons. The number of morpholine rings is 2. The van der Waals surface area contributed by atoms with Gasteiger partial charge < -0.3 is 25.0 Å². The molecule has 4 rings (SSSR count). The van der Waals surface area contributed by atoms with Crippen molar-refractivity contribution in [2.24, 2.45) is 0 Å². The van der Waals surface area contributed by atoms with Crippen molar-refractivity contribution in [3.05, 3.63) is 23.9 Å². The van der Waals surface area contributed by atoms with Gasteiger partial charge in [-0.25, -0.2) is 9.97 Å².